The minimum absolute atomic E-state index is 0.0184. The highest BCUT2D eigenvalue weighted by Gasteiger charge is 2.04. The van der Waals surface area contributed by atoms with Gasteiger partial charge in [0.15, 0.2) is 0 Å². The molecular formula is C10H19N3O4S. The number of primary amides is 1. The first kappa shape index (κ1) is 18.7. The average molecular weight is 277 g/mol. The molecule has 104 valence electrons. The normalized spacial score (nSPS) is 9.72. The Morgan fingerprint density at radius 1 is 1.17 bits per heavy atom. The van der Waals surface area contributed by atoms with Crippen LogP contribution in [-0.4, -0.2) is 32.5 Å². The molecular weight excluding hydrogens is 258 g/mol. The van der Waals surface area contributed by atoms with Gasteiger partial charge in [-0.05, 0) is 13.8 Å². The van der Waals surface area contributed by atoms with Crippen molar-refractivity contribution in [2.75, 3.05) is 12.3 Å². The van der Waals surface area contributed by atoms with Gasteiger partial charge in [0.25, 0.3) is 0 Å². The van der Waals surface area contributed by atoms with Crippen LogP contribution < -0.4 is 16.2 Å². The quantitative estimate of drug-likeness (QED) is 0.557. The van der Waals surface area contributed by atoms with E-state index in [1.54, 1.807) is 6.92 Å². The average Bonchev–Trinajstić information content (AvgIpc) is 2.16. The lowest BCUT2D eigenvalue weighted by atomic mass is 10.3. The number of rotatable bonds is 5. The van der Waals surface area contributed by atoms with Crippen molar-refractivity contribution in [3.05, 3.63) is 24.3 Å². The maximum absolute atomic E-state index is 10.8. The third-order valence-electron chi connectivity index (χ3n) is 1.48. The second kappa shape index (κ2) is 8.43. The van der Waals surface area contributed by atoms with Gasteiger partial charge in [-0.25, -0.2) is 13.6 Å². The molecule has 0 heterocycles. The molecule has 0 aromatic carbocycles. The van der Waals surface area contributed by atoms with Crippen LogP contribution in [0, 0.1) is 0 Å². The smallest absolute Gasteiger partial charge is 0.246 e. The van der Waals surface area contributed by atoms with Crippen molar-refractivity contribution < 1.29 is 18.0 Å². The summed E-state index contributed by atoms with van der Waals surface area (Å²) in [5.74, 6) is -1.06. The lowest BCUT2D eigenvalue weighted by Crippen LogP contribution is -2.31. The Morgan fingerprint density at radius 2 is 1.56 bits per heavy atom. The van der Waals surface area contributed by atoms with E-state index in [2.05, 4.69) is 18.5 Å². The van der Waals surface area contributed by atoms with Gasteiger partial charge in [-0.3, -0.25) is 9.59 Å². The molecule has 0 spiro atoms. The Kier molecular flexibility index (Phi) is 8.75. The van der Waals surface area contributed by atoms with Gasteiger partial charge >= 0.3 is 0 Å². The maximum Gasteiger partial charge on any atom is 0.246 e. The third-order valence-corrected chi connectivity index (χ3v) is 2.25. The molecule has 0 unspecified atom stereocenters. The van der Waals surface area contributed by atoms with Crippen molar-refractivity contribution in [1.29, 1.82) is 0 Å². The molecule has 0 aliphatic carbocycles. The van der Waals surface area contributed by atoms with Crippen molar-refractivity contribution in [2.45, 2.75) is 13.8 Å². The van der Waals surface area contributed by atoms with E-state index in [1.807, 2.05) is 0 Å². The third kappa shape index (κ3) is 14.3. The van der Waals surface area contributed by atoms with Crippen LogP contribution in [0.2, 0.25) is 0 Å². The molecule has 0 aromatic heterocycles. The fourth-order valence-corrected chi connectivity index (χ4v) is 0.844. The van der Waals surface area contributed by atoms with E-state index in [0.29, 0.717) is 11.1 Å². The molecule has 0 radical (unpaired) electrons. The number of primary sulfonamides is 1. The van der Waals surface area contributed by atoms with Crippen molar-refractivity contribution in [3.8, 4) is 0 Å². The van der Waals surface area contributed by atoms with Crippen molar-refractivity contribution in [1.82, 2.24) is 5.32 Å². The molecule has 0 aliphatic heterocycles. The molecule has 0 atom stereocenters. The minimum atomic E-state index is -3.49. The second-order valence-electron chi connectivity index (χ2n) is 3.55. The highest BCUT2D eigenvalue weighted by atomic mass is 32.2. The fourth-order valence-electron chi connectivity index (χ4n) is 0.458. The van der Waals surface area contributed by atoms with Gasteiger partial charge in [0.05, 0.1) is 5.75 Å². The van der Waals surface area contributed by atoms with Crippen LogP contribution in [0.5, 0.6) is 0 Å². The van der Waals surface area contributed by atoms with Gasteiger partial charge in [-0.15, -0.1) is 0 Å². The summed E-state index contributed by atoms with van der Waals surface area (Å²) in [5, 5.41) is 7.04. The second-order valence-corrected chi connectivity index (χ2v) is 5.28. The lowest BCUT2D eigenvalue weighted by molar-refractivity contribution is -0.117. The molecule has 8 heteroatoms. The first-order valence-corrected chi connectivity index (χ1v) is 6.58. The topological polar surface area (TPSA) is 132 Å². The van der Waals surface area contributed by atoms with Crippen molar-refractivity contribution >= 4 is 21.8 Å². The van der Waals surface area contributed by atoms with Gasteiger partial charge in [-0.1, -0.05) is 13.2 Å². The number of amides is 2. The van der Waals surface area contributed by atoms with Crippen molar-refractivity contribution in [2.24, 2.45) is 10.9 Å². The van der Waals surface area contributed by atoms with Gasteiger partial charge in [-0.2, -0.15) is 0 Å². The number of sulfonamides is 1. The molecule has 0 saturated carbocycles. The number of nitrogens with one attached hydrogen (secondary N) is 1. The Labute approximate surface area is 107 Å². The summed E-state index contributed by atoms with van der Waals surface area (Å²) in [6.07, 6.45) is 0. The summed E-state index contributed by atoms with van der Waals surface area (Å²) < 4.78 is 20.8. The summed E-state index contributed by atoms with van der Waals surface area (Å²) in [6, 6.07) is 0. The monoisotopic (exact) mass is 277 g/mol. The molecule has 0 aliphatic rings. The van der Waals surface area contributed by atoms with E-state index in [-0.39, 0.29) is 18.2 Å². The van der Waals surface area contributed by atoms with Crippen LogP contribution in [0.25, 0.3) is 0 Å². The lowest BCUT2D eigenvalue weighted by Gasteiger charge is -2.02. The van der Waals surface area contributed by atoms with Crippen LogP contribution in [0.15, 0.2) is 24.3 Å². The highest BCUT2D eigenvalue weighted by Crippen LogP contribution is 1.84. The molecule has 7 nitrogen and oxygen atoms in total. The molecule has 0 rings (SSSR count). The predicted molar refractivity (Wildman–Crippen MR) is 69.8 cm³/mol. The summed E-state index contributed by atoms with van der Waals surface area (Å²) in [7, 11) is -3.49. The van der Waals surface area contributed by atoms with Gasteiger partial charge in [0.2, 0.25) is 21.8 Å². The molecule has 0 fully saturated rings. The molecule has 0 bridgehead atoms. The van der Waals surface area contributed by atoms with Crippen LogP contribution in [0.1, 0.15) is 13.8 Å². The SMILES string of the molecule is C=C(C)C(=O)NCCS(N)(=O)=O.C=C(C)C(N)=O. The summed E-state index contributed by atoms with van der Waals surface area (Å²) in [6.45, 7) is 9.78. The van der Waals surface area contributed by atoms with E-state index in [4.69, 9.17) is 10.9 Å². The molecule has 0 saturated heterocycles. The van der Waals surface area contributed by atoms with E-state index in [0.717, 1.165) is 0 Å². The summed E-state index contributed by atoms with van der Waals surface area (Å²) in [5.41, 5.74) is 5.43. The number of hydrogen-bond acceptors (Lipinski definition) is 4. The van der Waals surface area contributed by atoms with E-state index < -0.39 is 15.9 Å². The first-order chi connectivity index (χ1) is 7.97. The van der Waals surface area contributed by atoms with E-state index >= 15 is 0 Å². The van der Waals surface area contributed by atoms with Crippen LogP contribution >= 0.6 is 0 Å². The van der Waals surface area contributed by atoms with Gasteiger partial charge < -0.3 is 11.1 Å². The number of carbonyl (C=O) groups excluding carboxylic acids is 2. The minimum Gasteiger partial charge on any atom is -0.366 e. The number of carbonyl (C=O) groups is 2. The summed E-state index contributed by atoms with van der Waals surface area (Å²) >= 11 is 0. The van der Waals surface area contributed by atoms with Crippen molar-refractivity contribution in [3.63, 3.8) is 0 Å². The Morgan fingerprint density at radius 3 is 1.78 bits per heavy atom. The fraction of sp³-hybridized carbons (Fsp3) is 0.400. The summed E-state index contributed by atoms with van der Waals surface area (Å²) in [4.78, 5) is 20.6. The van der Waals surface area contributed by atoms with E-state index in [9.17, 15) is 18.0 Å². The van der Waals surface area contributed by atoms with Gasteiger partial charge in [0, 0.05) is 17.7 Å². The van der Waals surface area contributed by atoms with Crippen LogP contribution in [0.3, 0.4) is 0 Å². The van der Waals surface area contributed by atoms with Gasteiger partial charge in [0.1, 0.15) is 0 Å². The standard InChI is InChI=1S/C6H12N2O3S.C4H7NO/c1-5(2)6(9)8-3-4-12(7,10)11;1-3(2)4(5)6/h1,3-4H2,2H3,(H,8,9)(H2,7,10,11);1H2,2H3,(H2,5,6). The predicted octanol–water partition coefficient (Wildman–Crippen LogP) is -0.985. The zero-order valence-corrected chi connectivity index (χ0v) is 11.3. The Bertz CT molecular complexity index is 428. The van der Waals surface area contributed by atoms with Crippen LogP contribution in [-0.2, 0) is 19.6 Å². The molecule has 2 amide bonds. The molecule has 18 heavy (non-hydrogen) atoms. The Hall–Kier alpha value is -1.67. The largest absolute Gasteiger partial charge is 0.366 e. The van der Waals surface area contributed by atoms with E-state index in [1.165, 1.54) is 6.92 Å². The zero-order chi connectivity index (χ0) is 14.9. The van der Waals surface area contributed by atoms with Crippen LogP contribution in [0.4, 0.5) is 0 Å². The number of hydrogen-bond donors (Lipinski definition) is 3. The highest BCUT2D eigenvalue weighted by molar-refractivity contribution is 7.89. The zero-order valence-electron chi connectivity index (χ0n) is 10.5. The number of nitrogens with two attached hydrogens (primary N) is 2. The molecule has 0 aromatic rings. The maximum atomic E-state index is 10.8. The molecule has 5 N–H and O–H groups in total. The first-order valence-electron chi connectivity index (χ1n) is 4.87. The Balaban J connectivity index is 0.